The molecule has 2 heterocycles. The first kappa shape index (κ1) is 12.5. The monoisotopic (exact) mass is 310 g/mol. The molecule has 2 aromatic rings. The van der Waals surface area contributed by atoms with Crippen molar-refractivity contribution in [2.75, 3.05) is 0 Å². The molecule has 1 atom stereocenters. The summed E-state index contributed by atoms with van der Waals surface area (Å²) in [6.45, 7) is 1.70. The summed E-state index contributed by atoms with van der Waals surface area (Å²) in [7, 11) is 0. The maximum absolute atomic E-state index is 9.35. The van der Waals surface area contributed by atoms with Crippen LogP contribution in [0.2, 0.25) is 0 Å². The lowest BCUT2D eigenvalue weighted by Crippen LogP contribution is -1.94. The number of rotatable bonds is 3. The molecular weight excluding hydrogens is 300 g/mol. The fourth-order valence-corrected chi connectivity index (χ4v) is 2.20. The minimum Gasteiger partial charge on any atom is -0.387 e. The van der Waals surface area contributed by atoms with Crippen LogP contribution in [-0.2, 0) is 0 Å². The van der Waals surface area contributed by atoms with Crippen molar-refractivity contribution >= 4 is 27.7 Å². The summed E-state index contributed by atoms with van der Waals surface area (Å²) in [6.07, 6.45) is 2.98. The van der Waals surface area contributed by atoms with E-state index in [1.165, 1.54) is 0 Å². The number of halogens is 1. The molecule has 0 saturated carbocycles. The summed E-state index contributed by atoms with van der Waals surface area (Å²) >= 11 is 4.89. The number of nitrogens with zero attached hydrogens (tertiary/aromatic N) is 2. The summed E-state index contributed by atoms with van der Waals surface area (Å²) in [5, 5.41) is 10.3. The molecule has 0 fully saturated rings. The topological polar surface area (TPSA) is 46.0 Å². The second-order valence-corrected chi connectivity index (χ2v) is 5.52. The zero-order valence-electron chi connectivity index (χ0n) is 9.17. The molecule has 0 saturated heterocycles. The van der Waals surface area contributed by atoms with Gasteiger partial charge in [0.05, 0.1) is 11.8 Å². The largest absolute Gasteiger partial charge is 0.387 e. The fraction of sp³-hybridized carbons (Fsp3) is 0.167. The van der Waals surface area contributed by atoms with Gasteiger partial charge in [0.15, 0.2) is 0 Å². The molecule has 0 spiro atoms. The maximum Gasteiger partial charge on any atom is 0.101 e. The molecule has 0 aliphatic carbocycles. The quantitative estimate of drug-likeness (QED) is 0.943. The van der Waals surface area contributed by atoms with Crippen LogP contribution in [0.4, 0.5) is 0 Å². The number of aliphatic hydroxyl groups excluding tert-OH is 1. The van der Waals surface area contributed by atoms with Gasteiger partial charge in [-0.15, -0.1) is 0 Å². The third-order valence-electron chi connectivity index (χ3n) is 2.11. The van der Waals surface area contributed by atoms with Crippen molar-refractivity contribution < 1.29 is 5.11 Å². The van der Waals surface area contributed by atoms with E-state index in [0.29, 0.717) is 5.69 Å². The molecule has 3 nitrogen and oxygen atoms in total. The summed E-state index contributed by atoms with van der Waals surface area (Å²) in [6, 6.07) is 7.65. The van der Waals surface area contributed by atoms with Crippen LogP contribution >= 0.6 is 27.7 Å². The van der Waals surface area contributed by atoms with Gasteiger partial charge in [0.1, 0.15) is 5.03 Å². The molecule has 2 rings (SSSR count). The molecule has 1 N–H and O–H groups in total. The lowest BCUT2D eigenvalue weighted by atomic mass is 10.2. The van der Waals surface area contributed by atoms with Gasteiger partial charge in [0.25, 0.3) is 0 Å². The molecule has 0 unspecified atom stereocenters. The second kappa shape index (κ2) is 5.62. The minimum atomic E-state index is -0.528. The maximum atomic E-state index is 9.35. The van der Waals surface area contributed by atoms with Gasteiger partial charge in [0, 0.05) is 21.8 Å². The van der Waals surface area contributed by atoms with Crippen molar-refractivity contribution in [2.45, 2.75) is 22.9 Å². The normalized spacial score (nSPS) is 12.4. The van der Waals surface area contributed by atoms with Gasteiger partial charge >= 0.3 is 0 Å². The first-order chi connectivity index (χ1) is 8.15. The second-order valence-electron chi connectivity index (χ2n) is 3.51. The van der Waals surface area contributed by atoms with Gasteiger partial charge in [-0.2, -0.15) is 0 Å². The fourth-order valence-electron chi connectivity index (χ4n) is 1.24. The third-order valence-corrected chi connectivity index (χ3v) is 3.51. The molecular formula is C12H11BrN2OS. The van der Waals surface area contributed by atoms with E-state index < -0.39 is 6.10 Å². The van der Waals surface area contributed by atoms with Crippen molar-refractivity contribution in [1.29, 1.82) is 0 Å². The molecule has 0 aliphatic rings. The zero-order chi connectivity index (χ0) is 12.3. The number of hydrogen-bond donors (Lipinski definition) is 1. The van der Waals surface area contributed by atoms with Crippen molar-refractivity contribution in [1.82, 2.24) is 9.97 Å². The predicted octanol–water partition coefficient (Wildman–Crippen LogP) is 3.44. The summed E-state index contributed by atoms with van der Waals surface area (Å²) < 4.78 is 0.962. The van der Waals surface area contributed by atoms with Gasteiger partial charge in [-0.1, -0.05) is 11.8 Å². The highest BCUT2D eigenvalue weighted by Crippen LogP contribution is 2.26. The van der Waals surface area contributed by atoms with Crippen molar-refractivity contribution in [3.05, 3.63) is 46.8 Å². The van der Waals surface area contributed by atoms with Gasteiger partial charge in [-0.25, -0.2) is 4.98 Å². The molecule has 0 radical (unpaired) electrons. The molecule has 2 aromatic heterocycles. The lowest BCUT2D eigenvalue weighted by Gasteiger charge is -2.04. The molecule has 0 amide bonds. The van der Waals surface area contributed by atoms with E-state index in [4.69, 9.17) is 0 Å². The SMILES string of the molecule is C[C@H](O)c1ccc(Sc2ccc(Br)cn2)cn1. The highest BCUT2D eigenvalue weighted by Gasteiger charge is 2.03. The van der Waals surface area contributed by atoms with Crippen LogP contribution < -0.4 is 0 Å². The molecule has 0 aromatic carbocycles. The average molecular weight is 311 g/mol. The molecule has 0 aliphatic heterocycles. The number of aliphatic hydroxyl groups is 1. The number of aromatic nitrogens is 2. The van der Waals surface area contributed by atoms with E-state index in [0.717, 1.165) is 14.4 Å². The van der Waals surface area contributed by atoms with E-state index >= 15 is 0 Å². The molecule has 17 heavy (non-hydrogen) atoms. The van der Waals surface area contributed by atoms with Crippen LogP contribution in [0.25, 0.3) is 0 Å². The van der Waals surface area contributed by atoms with E-state index in [1.54, 1.807) is 31.1 Å². The number of hydrogen-bond acceptors (Lipinski definition) is 4. The Morgan fingerprint density at radius 3 is 2.53 bits per heavy atom. The summed E-state index contributed by atoms with van der Waals surface area (Å²) in [5.41, 5.74) is 0.679. The highest BCUT2D eigenvalue weighted by atomic mass is 79.9. The third kappa shape index (κ3) is 3.52. The van der Waals surface area contributed by atoms with E-state index in [9.17, 15) is 5.11 Å². The van der Waals surface area contributed by atoms with Crippen molar-refractivity contribution in [3.8, 4) is 0 Å². The van der Waals surface area contributed by atoms with E-state index in [1.807, 2.05) is 24.3 Å². The smallest absolute Gasteiger partial charge is 0.101 e. The standard InChI is InChI=1S/C12H11BrN2OS/c1-8(16)11-4-3-10(7-14-11)17-12-5-2-9(13)6-15-12/h2-8,16H,1H3/t8-/m0/s1. The van der Waals surface area contributed by atoms with Crippen LogP contribution in [0.5, 0.6) is 0 Å². The Bertz CT molecular complexity index is 485. The highest BCUT2D eigenvalue weighted by molar-refractivity contribution is 9.10. The van der Waals surface area contributed by atoms with Crippen LogP contribution in [0.3, 0.4) is 0 Å². The van der Waals surface area contributed by atoms with E-state index in [-0.39, 0.29) is 0 Å². The zero-order valence-corrected chi connectivity index (χ0v) is 11.6. The van der Waals surface area contributed by atoms with Crippen LogP contribution in [0, 0.1) is 0 Å². The van der Waals surface area contributed by atoms with Crippen LogP contribution in [0.15, 0.2) is 51.1 Å². The van der Waals surface area contributed by atoms with E-state index in [2.05, 4.69) is 25.9 Å². The van der Waals surface area contributed by atoms with Gasteiger partial charge in [0.2, 0.25) is 0 Å². The molecule has 0 bridgehead atoms. The predicted molar refractivity (Wildman–Crippen MR) is 70.9 cm³/mol. The summed E-state index contributed by atoms with van der Waals surface area (Å²) in [4.78, 5) is 9.46. The number of pyridine rings is 2. The lowest BCUT2D eigenvalue weighted by molar-refractivity contribution is 0.194. The van der Waals surface area contributed by atoms with Crippen LogP contribution in [0.1, 0.15) is 18.7 Å². The minimum absolute atomic E-state index is 0.528. The first-order valence-corrected chi connectivity index (χ1v) is 6.69. The van der Waals surface area contributed by atoms with Crippen molar-refractivity contribution in [2.24, 2.45) is 0 Å². The van der Waals surface area contributed by atoms with Gasteiger partial charge < -0.3 is 5.11 Å². The Morgan fingerprint density at radius 1 is 1.18 bits per heavy atom. The Hall–Kier alpha value is -0.910. The Kier molecular flexibility index (Phi) is 4.15. The Morgan fingerprint density at radius 2 is 2.00 bits per heavy atom. The summed E-state index contributed by atoms with van der Waals surface area (Å²) in [5.74, 6) is 0. The Labute approximate surface area is 112 Å². The van der Waals surface area contributed by atoms with Gasteiger partial charge in [-0.05, 0) is 47.1 Å². The first-order valence-electron chi connectivity index (χ1n) is 5.08. The molecule has 5 heteroatoms. The van der Waals surface area contributed by atoms with Gasteiger partial charge in [-0.3, -0.25) is 4.98 Å². The van der Waals surface area contributed by atoms with Crippen LogP contribution in [-0.4, -0.2) is 15.1 Å². The Balaban J connectivity index is 2.11. The molecule has 88 valence electrons. The average Bonchev–Trinajstić information content (AvgIpc) is 2.33. The van der Waals surface area contributed by atoms with Crippen molar-refractivity contribution in [3.63, 3.8) is 0 Å².